The molecule has 1 unspecified atom stereocenters. The molecule has 3 rings (SSSR count). The smallest absolute Gasteiger partial charge is 0.404 e. The molecule has 14 nitrogen and oxygen atoms in total. The maximum atomic E-state index is 12.8. The van der Waals surface area contributed by atoms with Gasteiger partial charge in [-0.25, -0.2) is 14.7 Å². The van der Waals surface area contributed by atoms with Crippen molar-refractivity contribution in [2.45, 2.75) is 17.5 Å². The third-order valence-electron chi connectivity index (χ3n) is 4.07. The van der Waals surface area contributed by atoms with Gasteiger partial charge in [0.1, 0.15) is 17.7 Å². The normalized spacial score (nSPS) is 23.7. The van der Waals surface area contributed by atoms with Gasteiger partial charge in [0.2, 0.25) is 5.91 Å². The van der Waals surface area contributed by atoms with Crippen LogP contribution in [0.4, 0.5) is 4.79 Å². The molecule has 1 saturated heterocycles. The molecule has 1 fully saturated rings. The van der Waals surface area contributed by atoms with Gasteiger partial charge in [0.05, 0.1) is 6.42 Å². The Labute approximate surface area is 160 Å². The summed E-state index contributed by atoms with van der Waals surface area (Å²) >= 11 is 1.14. The van der Waals surface area contributed by atoms with E-state index in [0.29, 0.717) is 0 Å². The standard InChI is InChI=1S/C13H15N7O7S/c1-26-13(15-7(21)2-6-16-18-19-17-6)10(24)20-8(9(22)23)5(3-27-12(14)25)4-28-11(13)20/h11H,2-4H2,1H3,(H2,14,25)(H,15,21)(H,22,23)(H,16,17,18,19)/t11-,13?/m1/s1. The molecular weight excluding hydrogens is 398 g/mol. The number of amides is 3. The zero-order valence-electron chi connectivity index (χ0n) is 14.4. The first kappa shape index (κ1) is 19.6. The SMILES string of the molecule is COC1(NC(=O)Cc2nnn[nH]2)C(=O)N2C(C(=O)O)=C(COC(N)=O)CS[C@@H]21. The highest BCUT2D eigenvalue weighted by molar-refractivity contribution is 8.00. The zero-order valence-corrected chi connectivity index (χ0v) is 15.2. The fourth-order valence-corrected chi connectivity index (χ4v) is 4.29. The van der Waals surface area contributed by atoms with Crippen LogP contribution >= 0.6 is 11.8 Å². The summed E-state index contributed by atoms with van der Waals surface area (Å²) in [5, 5.41) is 23.9. The molecule has 28 heavy (non-hydrogen) atoms. The first-order valence-corrected chi connectivity index (χ1v) is 8.76. The van der Waals surface area contributed by atoms with Gasteiger partial charge in [0.15, 0.2) is 5.82 Å². The number of primary amides is 1. The van der Waals surface area contributed by atoms with E-state index in [0.717, 1.165) is 16.7 Å². The number of H-pyrrole nitrogens is 1. The molecule has 1 aromatic heterocycles. The van der Waals surface area contributed by atoms with E-state index in [4.69, 9.17) is 10.5 Å². The van der Waals surface area contributed by atoms with Crippen LogP contribution in [0.3, 0.4) is 0 Å². The number of methoxy groups -OCH3 is 1. The number of thioether (sulfide) groups is 1. The summed E-state index contributed by atoms with van der Waals surface area (Å²) in [5.74, 6) is -2.45. The Morgan fingerprint density at radius 3 is 2.82 bits per heavy atom. The Bertz CT molecular complexity index is 857. The summed E-state index contributed by atoms with van der Waals surface area (Å²) in [4.78, 5) is 48.5. The van der Waals surface area contributed by atoms with Crippen molar-refractivity contribution < 1.29 is 33.8 Å². The van der Waals surface area contributed by atoms with Gasteiger partial charge >= 0.3 is 12.1 Å². The van der Waals surface area contributed by atoms with Crippen molar-refractivity contribution >= 4 is 35.6 Å². The van der Waals surface area contributed by atoms with E-state index in [-0.39, 0.29) is 35.9 Å². The Balaban J connectivity index is 1.81. The highest BCUT2D eigenvalue weighted by atomic mass is 32.2. The van der Waals surface area contributed by atoms with Crippen molar-refractivity contribution in [3.63, 3.8) is 0 Å². The van der Waals surface area contributed by atoms with Gasteiger partial charge in [0.25, 0.3) is 11.6 Å². The number of carboxylic acid groups (broad SMARTS) is 1. The number of tetrazole rings is 1. The van der Waals surface area contributed by atoms with Gasteiger partial charge in [0, 0.05) is 18.4 Å². The van der Waals surface area contributed by atoms with Crippen LogP contribution in [0, 0.1) is 0 Å². The predicted molar refractivity (Wildman–Crippen MR) is 89.1 cm³/mol. The van der Waals surface area contributed by atoms with Crippen LogP contribution in [0.25, 0.3) is 0 Å². The Morgan fingerprint density at radius 1 is 1.50 bits per heavy atom. The number of fused-ring (bicyclic) bond motifs is 1. The topological polar surface area (TPSA) is 203 Å². The minimum atomic E-state index is -1.74. The van der Waals surface area contributed by atoms with E-state index < -0.39 is 35.0 Å². The van der Waals surface area contributed by atoms with Crippen molar-refractivity contribution in [1.82, 2.24) is 30.8 Å². The van der Waals surface area contributed by atoms with E-state index in [2.05, 4.69) is 30.7 Å². The molecule has 0 bridgehead atoms. The number of hydrogen-bond donors (Lipinski definition) is 4. The number of aromatic nitrogens is 4. The van der Waals surface area contributed by atoms with Crippen LogP contribution in [-0.4, -0.2) is 85.1 Å². The number of aromatic amines is 1. The lowest BCUT2D eigenvalue weighted by atomic mass is 9.98. The Morgan fingerprint density at radius 2 is 2.25 bits per heavy atom. The molecule has 2 aliphatic heterocycles. The summed E-state index contributed by atoms with van der Waals surface area (Å²) in [5.41, 5.74) is 3.02. The molecule has 3 heterocycles. The second kappa shape index (κ2) is 7.43. The summed E-state index contributed by atoms with van der Waals surface area (Å²) in [6.07, 6.45) is -1.30. The van der Waals surface area contributed by atoms with Gasteiger partial charge < -0.3 is 25.6 Å². The molecular formula is C13H15N7O7S. The third kappa shape index (κ3) is 3.24. The van der Waals surface area contributed by atoms with Gasteiger partial charge in [-0.15, -0.1) is 16.9 Å². The molecule has 150 valence electrons. The quantitative estimate of drug-likeness (QED) is 0.273. The van der Waals surface area contributed by atoms with E-state index in [1.807, 2.05) is 0 Å². The van der Waals surface area contributed by atoms with Crippen LogP contribution in [0.2, 0.25) is 0 Å². The second-order valence-corrected chi connectivity index (χ2v) is 6.78. The average molecular weight is 413 g/mol. The minimum absolute atomic E-state index is 0.121. The molecule has 2 atom stereocenters. The highest BCUT2D eigenvalue weighted by Gasteiger charge is 2.66. The number of carbonyl (C=O) groups excluding carboxylic acids is 3. The van der Waals surface area contributed by atoms with Crippen LogP contribution in [0.1, 0.15) is 5.82 Å². The number of carboxylic acids is 1. The number of carbonyl (C=O) groups is 4. The molecule has 0 aliphatic carbocycles. The fraction of sp³-hybridized carbons (Fsp3) is 0.462. The van der Waals surface area contributed by atoms with Gasteiger partial charge in [-0.1, -0.05) is 0 Å². The van der Waals surface area contributed by atoms with Crippen LogP contribution in [0.5, 0.6) is 0 Å². The zero-order chi connectivity index (χ0) is 20.5. The summed E-state index contributed by atoms with van der Waals surface area (Å²) in [6, 6.07) is 0. The monoisotopic (exact) mass is 413 g/mol. The van der Waals surface area contributed by atoms with Crippen molar-refractivity contribution in [1.29, 1.82) is 0 Å². The molecule has 0 spiro atoms. The first-order valence-electron chi connectivity index (χ1n) is 7.71. The van der Waals surface area contributed by atoms with Gasteiger partial charge in [-0.3, -0.25) is 14.5 Å². The summed E-state index contributed by atoms with van der Waals surface area (Å²) < 4.78 is 9.93. The number of rotatable bonds is 7. The number of aliphatic carboxylic acids is 1. The van der Waals surface area contributed by atoms with Gasteiger partial charge in [-0.2, -0.15) is 0 Å². The molecule has 1 aromatic rings. The predicted octanol–water partition coefficient (Wildman–Crippen LogP) is -2.45. The fourth-order valence-electron chi connectivity index (χ4n) is 2.87. The summed E-state index contributed by atoms with van der Waals surface area (Å²) in [6.45, 7) is -0.370. The van der Waals surface area contributed by atoms with Gasteiger partial charge in [-0.05, 0) is 10.4 Å². The number of nitrogens with two attached hydrogens (primary N) is 1. The van der Waals surface area contributed by atoms with E-state index in [1.54, 1.807) is 0 Å². The maximum absolute atomic E-state index is 12.8. The molecule has 3 amide bonds. The Hall–Kier alpha value is -3.20. The van der Waals surface area contributed by atoms with Crippen molar-refractivity contribution in [2.24, 2.45) is 5.73 Å². The number of β-lactam (4-membered cyclic amide) rings is 1. The lowest BCUT2D eigenvalue weighted by Crippen LogP contribution is -2.80. The molecule has 0 radical (unpaired) electrons. The van der Waals surface area contributed by atoms with Crippen molar-refractivity contribution in [3.05, 3.63) is 17.1 Å². The lowest BCUT2D eigenvalue weighted by molar-refractivity contribution is -0.192. The van der Waals surface area contributed by atoms with E-state index in [1.165, 1.54) is 7.11 Å². The van der Waals surface area contributed by atoms with E-state index in [9.17, 15) is 24.3 Å². The van der Waals surface area contributed by atoms with Crippen LogP contribution < -0.4 is 11.1 Å². The lowest BCUT2D eigenvalue weighted by Gasteiger charge is -2.55. The van der Waals surface area contributed by atoms with Crippen LogP contribution in [-0.2, 0) is 30.3 Å². The Kier molecular flexibility index (Phi) is 5.19. The number of nitrogens with zero attached hydrogens (tertiary/aromatic N) is 4. The highest BCUT2D eigenvalue weighted by Crippen LogP contribution is 2.46. The average Bonchev–Trinajstić information content (AvgIpc) is 3.15. The van der Waals surface area contributed by atoms with Crippen molar-refractivity contribution in [2.75, 3.05) is 19.5 Å². The number of hydrogen-bond acceptors (Lipinski definition) is 10. The second-order valence-electron chi connectivity index (χ2n) is 5.72. The molecule has 2 aliphatic rings. The third-order valence-corrected chi connectivity index (χ3v) is 5.44. The minimum Gasteiger partial charge on any atom is -0.477 e. The molecule has 0 aromatic carbocycles. The molecule has 15 heteroatoms. The largest absolute Gasteiger partial charge is 0.477 e. The van der Waals surface area contributed by atoms with E-state index >= 15 is 0 Å². The summed E-state index contributed by atoms with van der Waals surface area (Å²) in [7, 11) is 1.22. The molecule has 0 saturated carbocycles. The number of nitrogens with one attached hydrogen (secondary N) is 2. The first-order chi connectivity index (χ1) is 13.3. The molecule has 5 N–H and O–H groups in total. The number of ether oxygens (including phenoxy) is 2. The maximum Gasteiger partial charge on any atom is 0.404 e. The van der Waals surface area contributed by atoms with Crippen molar-refractivity contribution in [3.8, 4) is 0 Å². The van der Waals surface area contributed by atoms with Crippen LogP contribution in [0.15, 0.2) is 11.3 Å².